The lowest BCUT2D eigenvalue weighted by atomic mass is 10.1. The minimum absolute atomic E-state index is 0.0527. The summed E-state index contributed by atoms with van der Waals surface area (Å²) >= 11 is 0. The first-order valence-electron chi connectivity index (χ1n) is 4.90. The van der Waals surface area contributed by atoms with Gasteiger partial charge in [0.2, 0.25) is 5.82 Å². The molecule has 6 heteroatoms. The van der Waals surface area contributed by atoms with Crippen LogP contribution in [0.2, 0.25) is 0 Å². The lowest BCUT2D eigenvalue weighted by molar-refractivity contribution is 0.366. The molecule has 0 atom stereocenters. The van der Waals surface area contributed by atoms with Crippen molar-refractivity contribution in [3.05, 3.63) is 24.0 Å². The quantitative estimate of drug-likeness (QED) is 0.830. The zero-order valence-electron chi connectivity index (χ0n) is 9.44. The first-order chi connectivity index (χ1) is 8.04. The summed E-state index contributed by atoms with van der Waals surface area (Å²) in [6.45, 7) is 0. The number of hydrogen-bond acceptors (Lipinski definition) is 4. The molecule has 1 heterocycles. The second kappa shape index (κ2) is 3.97. The standard InChI is InChI=1S/C11H12FN3O2/c1-15-9(13)5-7(14-15)6-3-4-8(16)10(12)11(6)17-2/h3-5,16H,13H2,1-2H3. The number of aromatic nitrogens is 2. The Bertz CT molecular complexity index is 547. The summed E-state index contributed by atoms with van der Waals surface area (Å²) < 4.78 is 20.0. The summed E-state index contributed by atoms with van der Waals surface area (Å²) in [5.74, 6) is -0.873. The van der Waals surface area contributed by atoms with Crippen molar-refractivity contribution in [2.75, 3.05) is 12.8 Å². The Morgan fingerprint density at radius 1 is 1.47 bits per heavy atom. The number of ether oxygens (including phenoxy) is 1. The number of rotatable bonds is 2. The van der Waals surface area contributed by atoms with Gasteiger partial charge in [0.05, 0.1) is 12.8 Å². The topological polar surface area (TPSA) is 73.3 Å². The van der Waals surface area contributed by atoms with Crippen molar-refractivity contribution in [3.8, 4) is 22.8 Å². The molecule has 0 aliphatic carbocycles. The van der Waals surface area contributed by atoms with Gasteiger partial charge in [-0.15, -0.1) is 0 Å². The number of benzene rings is 1. The van der Waals surface area contributed by atoms with Crippen LogP contribution >= 0.6 is 0 Å². The van der Waals surface area contributed by atoms with E-state index in [1.165, 1.54) is 23.9 Å². The van der Waals surface area contributed by atoms with Crippen molar-refractivity contribution in [2.45, 2.75) is 0 Å². The molecule has 0 amide bonds. The number of halogens is 1. The molecule has 0 aliphatic heterocycles. The molecule has 17 heavy (non-hydrogen) atoms. The fourth-order valence-corrected chi connectivity index (χ4v) is 1.56. The van der Waals surface area contributed by atoms with Gasteiger partial charge in [-0.3, -0.25) is 4.68 Å². The van der Waals surface area contributed by atoms with E-state index < -0.39 is 11.6 Å². The zero-order valence-corrected chi connectivity index (χ0v) is 9.44. The molecule has 1 aromatic heterocycles. The van der Waals surface area contributed by atoms with Gasteiger partial charge in [0.1, 0.15) is 5.82 Å². The van der Waals surface area contributed by atoms with Gasteiger partial charge in [-0.25, -0.2) is 0 Å². The van der Waals surface area contributed by atoms with Gasteiger partial charge in [0.25, 0.3) is 0 Å². The number of nitrogens with two attached hydrogens (primary N) is 1. The second-order valence-corrected chi connectivity index (χ2v) is 3.56. The minimum Gasteiger partial charge on any atom is -0.505 e. The van der Waals surface area contributed by atoms with E-state index >= 15 is 0 Å². The van der Waals surface area contributed by atoms with E-state index in [2.05, 4.69) is 5.10 Å². The molecule has 0 saturated carbocycles. The Kier molecular flexibility index (Phi) is 2.63. The van der Waals surface area contributed by atoms with Crippen LogP contribution in [0.1, 0.15) is 0 Å². The van der Waals surface area contributed by atoms with Crippen LogP contribution in [0.3, 0.4) is 0 Å². The number of aryl methyl sites for hydroxylation is 1. The highest BCUT2D eigenvalue weighted by Crippen LogP contribution is 2.36. The summed E-state index contributed by atoms with van der Waals surface area (Å²) in [5.41, 5.74) is 6.58. The van der Waals surface area contributed by atoms with Crippen LogP contribution in [-0.4, -0.2) is 22.0 Å². The van der Waals surface area contributed by atoms with Gasteiger partial charge in [0.15, 0.2) is 11.5 Å². The highest BCUT2D eigenvalue weighted by atomic mass is 19.1. The number of anilines is 1. The number of aromatic hydroxyl groups is 1. The van der Waals surface area contributed by atoms with Gasteiger partial charge in [-0.2, -0.15) is 9.49 Å². The van der Waals surface area contributed by atoms with Gasteiger partial charge >= 0.3 is 0 Å². The van der Waals surface area contributed by atoms with Crippen LogP contribution in [0.4, 0.5) is 10.2 Å². The van der Waals surface area contributed by atoms with Gasteiger partial charge in [-0.05, 0) is 12.1 Å². The fraction of sp³-hybridized carbons (Fsp3) is 0.182. The molecule has 0 aliphatic rings. The van der Waals surface area contributed by atoms with E-state index in [4.69, 9.17) is 10.5 Å². The molecule has 1 aromatic carbocycles. The maximum absolute atomic E-state index is 13.6. The van der Waals surface area contributed by atoms with Crippen molar-refractivity contribution in [1.29, 1.82) is 0 Å². The Labute approximate surface area is 97.2 Å². The smallest absolute Gasteiger partial charge is 0.207 e. The molecule has 2 rings (SSSR count). The Hall–Kier alpha value is -2.24. The number of hydrogen-bond donors (Lipinski definition) is 2. The van der Waals surface area contributed by atoms with Crippen LogP contribution in [0.25, 0.3) is 11.3 Å². The van der Waals surface area contributed by atoms with Crippen molar-refractivity contribution in [1.82, 2.24) is 9.78 Å². The van der Waals surface area contributed by atoms with Crippen molar-refractivity contribution in [2.24, 2.45) is 7.05 Å². The maximum atomic E-state index is 13.6. The molecular formula is C11H12FN3O2. The summed E-state index contributed by atoms with van der Waals surface area (Å²) in [7, 11) is 3.01. The van der Waals surface area contributed by atoms with Crippen LogP contribution < -0.4 is 10.5 Å². The average Bonchev–Trinajstić information content (AvgIpc) is 2.62. The molecule has 0 spiro atoms. The lowest BCUT2D eigenvalue weighted by Crippen LogP contribution is -1.97. The lowest BCUT2D eigenvalue weighted by Gasteiger charge is -2.08. The van der Waals surface area contributed by atoms with Crippen LogP contribution in [0, 0.1) is 5.82 Å². The highest BCUT2D eigenvalue weighted by Gasteiger charge is 2.17. The van der Waals surface area contributed by atoms with Crippen LogP contribution in [-0.2, 0) is 7.05 Å². The Morgan fingerprint density at radius 2 is 2.18 bits per heavy atom. The Morgan fingerprint density at radius 3 is 2.71 bits per heavy atom. The predicted octanol–water partition coefficient (Wildman–Crippen LogP) is 1.52. The second-order valence-electron chi connectivity index (χ2n) is 3.56. The monoisotopic (exact) mass is 237 g/mol. The van der Waals surface area contributed by atoms with E-state index in [0.29, 0.717) is 17.1 Å². The number of nitrogens with zero attached hydrogens (tertiary/aromatic N) is 2. The SMILES string of the molecule is COc1c(-c2cc(N)n(C)n2)ccc(O)c1F. The summed E-state index contributed by atoms with van der Waals surface area (Å²) in [6, 6.07) is 4.38. The first kappa shape index (κ1) is 11.3. The summed E-state index contributed by atoms with van der Waals surface area (Å²) in [4.78, 5) is 0. The van der Waals surface area contributed by atoms with Crippen LogP contribution in [0.5, 0.6) is 11.5 Å². The third kappa shape index (κ3) is 1.77. The van der Waals surface area contributed by atoms with Gasteiger partial charge in [-0.1, -0.05) is 0 Å². The van der Waals surface area contributed by atoms with Gasteiger partial charge in [0, 0.05) is 18.7 Å². The molecule has 0 radical (unpaired) electrons. The number of phenolic OH excluding ortho intramolecular Hbond substituents is 1. The molecule has 5 nitrogen and oxygen atoms in total. The molecule has 0 fully saturated rings. The van der Waals surface area contributed by atoms with Crippen molar-refractivity contribution in [3.63, 3.8) is 0 Å². The van der Waals surface area contributed by atoms with E-state index in [9.17, 15) is 9.50 Å². The number of methoxy groups -OCH3 is 1. The summed E-state index contributed by atoms with van der Waals surface area (Å²) in [6.07, 6.45) is 0. The molecule has 0 unspecified atom stereocenters. The third-order valence-corrected chi connectivity index (χ3v) is 2.47. The molecule has 3 N–H and O–H groups in total. The van der Waals surface area contributed by atoms with Crippen molar-refractivity contribution >= 4 is 5.82 Å². The minimum atomic E-state index is -0.811. The van der Waals surface area contributed by atoms with Crippen molar-refractivity contribution < 1.29 is 14.2 Å². The molecule has 2 aromatic rings. The molecule has 0 saturated heterocycles. The maximum Gasteiger partial charge on any atom is 0.207 e. The number of phenols is 1. The van der Waals surface area contributed by atoms with E-state index in [1.54, 1.807) is 13.1 Å². The van der Waals surface area contributed by atoms with Crippen LogP contribution in [0.15, 0.2) is 18.2 Å². The summed E-state index contributed by atoms with van der Waals surface area (Å²) in [5, 5.41) is 13.4. The van der Waals surface area contributed by atoms with E-state index in [-0.39, 0.29) is 5.75 Å². The highest BCUT2D eigenvalue weighted by molar-refractivity contribution is 5.70. The fourth-order valence-electron chi connectivity index (χ4n) is 1.56. The van der Waals surface area contributed by atoms with E-state index in [0.717, 1.165) is 0 Å². The number of nitrogen functional groups attached to an aromatic ring is 1. The van der Waals surface area contributed by atoms with E-state index in [1.807, 2.05) is 0 Å². The normalized spacial score (nSPS) is 10.5. The third-order valence-electron chi connectivity index (χ3n) is 2.47. The molecular weight excluding hydrogens is 225 g/mol. The molecule has 90 valence electrons. The average molecular weight is 237 g/mol. The molecule has 0 bridgehead atoms. The Balaban J connectivity index is 2.63. The zero-order chi connectivity index (χ0) is 12.6. The first-order valence-corrected chi connectivity index (χ1v) is 4.90. The van der Waals surface area contributed by atoms with Gasteiger partial charge < -0.3 is 15.6 Å². The predicted molar refractivity (Wildman–Crippen MR) is 61.2 cm³/mol. The largest absolute Gasteiger partial charge is 0.505 e.